The summed E-state index contributed by atoms with van der Waals surface area (Å²) in [5, 5.41) is 7.55. The molecule has 0 saturated carbocycles. The van der Waals surface area contributed by atoms with E-state index in [9.17, 15) is 0 Å². The molecule has 0 unspecified atom stereocenters. The quantitative estimate of drug-likeness (QED) is 0.688. The molecule has 0 aliphatic carbocycles. The number of nitrogens with one attached hydrogen (secondary N) is 1. The molecule has 0 atom stereocenters. The fourth-order valence-corrected chi connectivity index (χ4v) is 1.88. The zero-order valence-electron chi connectivity index (χ0n) is 9.78. The van der Waals surface area contributed by atoms with Crippen molar-refractivity contribution in [3.8, 4) is 0 Å². The van der Waals surface area contributed by atoms with Gasteiger partial charge < -0.3 is 5.41 Å². The third-order valence-electron chi connectivity index (χ3n) is 2.96. The predicted molar refractivity (Wildman–Crippen MR) is 62.5 cm³/mol. The maximum atomic E-state index is 7.55. The summed E-state index contributed by atoms with van der Waals surface area (Å²) in [6, 6.07) is 2.22. The van der Waals surface area contributed by atoms with Gasteiger partial charge in [0.2, 0.25) is 0 Å². The van der Waals surface area contributed by atoms with Gasteiger partial charge in [0.25, 0.3) is 0 Å². The molecule has 0 spiro atoms. The van der Waals surface area contributed by atoms with Gasteiger partial charge in [0, 0.05) is 12.1 Å². The van der Waals surface area contributed by atoms with Crippen LogP contribution in [-0.4, -0.2) is 5.71 Å². The molecule has 0 saturated heterocycles. The smallest absolute Gasteiger partial charge is 0.0104 e. The summed E-state index contributed by atoms with van der Waals surface area (Å²) in [7, 11) is 0. The molecule has 1 aromatic carbocycles. The van der Waals surface area contributed by atoms with E-state index in [1.807, 2.05) is 6.92 Å². The zero-order valence-corrected chi connectivity index (χ0v) is 9.78. The van der Waals surface area contributed by atoms with Crippen LogP contribution in [-0.2, 0) is 6.42 Å². The van der Waals surface area contributed by atoms with Crippen LogP contribution in [0.1, 0.15) is 34.7 Å². The monoisotopic (exact) mass is 189 g/mol. The Bertz CT molecular complexity index is 375. The lowest BCUT2D eigenvalue weighted by Crippen LogP contribution is -2.03. The fourth-order valence-electron chi connectivity index (χ4n) is 1.88. The molecule has 1 heteroatoms. The maximum absolute atomic E-state index is 7.55. The maximum Gasteiger partial charge on any atom is 0.0104 e. The molecule has 76 valence electrons. The number of aryl methyl sites for hydroxylation is 2. The molecule has 1 rings (SSSR count). The molecule has 0 heterocycles. The second kappa shape index (κ2) is 3.95. The topological polar surface area (TPSA) is 23.9 Å². The Morgan fingerprint density at radius 2 is 1.64 bits per heavy atom. The molecule has 0 aliphatic heterocycles. The normalized spacial score (nSPS) is 10.4. The molecule has 0 bridgehead atoms. The summed E-state index contributed by atoms with van der Waals surface area (Å²) in [4.78, 5) is 0. The van der Waals surface area contributed by atoms with Crippen LogP contribution < -0.4 is 0 Å². The van der Waals surface area contributed by atoms with Gasteiger partial charge in [-0.3, -0.25) is 0 Å². The zero-order chi connectivity index (χ0) is 10.9. The van der Waals surface area contributed by atoms with Crippen molar-refractivity contribution in [2.24, 2.45) is 0 Å². The second-order valence-electron chi connectivity index (χ2n) is 4.20. The van der Waals surface area contributed by atoms with Gasteiger partial charge in [-0.25, -0.2) is 0 Å². The Hall–Kier alpha value is -1.11. The minimum absolute atomic E-state index is 0.736. The van der Waals surface area contributed by atoms with Gasteiger partial charge >= 0.3 is 0 Å². The van der Waals surface area contributed by atoms with Crippen LogP contribution in [0.25, 0.3) is 0 Å². The third-order valence-corrected chi connectivity index (χ3v) is 2.96. The number of hydrogen-bond donors (Lipinski definition) is 1. The van der Waals surface area contributed by atoms with Crippen LogP contribution in [0, 0.1) is 33.1 Å². The van der Waals surface area contributed by atoms with Crippen molar-refractivity contribution in [2.45, 2.75) is 41.0 Å². The highest BCUT2D eigenvalue weighted by molar-refractivity contribution is 5.81. The minimum atomic E-state index is 0.736. The van der Waals surface area contributed by atoms with Crippen LogP contribution in [0.2, 0.25) is 0 Å². The molecule has 0 aliphatic rings. The first-order valence-corrected chi connectivity index (χ1v) is 5.03. The van der Waals surface area contributed by atoms with Crippen molar-refractivity contribution in [3.63, 3.8) is 0 Å². The van der Waals surface area contributed by atoms with Gasteiger partial charge in [0.15, 0.2) is 0 Å². The molecule has 0 amide bonds. The Morgan fingerprint density at radius 1 is 1.07 bits per heavy atom. The van der Waals surface area contributed by atoms with E-state index >= 15 is 0 Å². The largest absolute Gasteiger partial charge is 0.310 e. The summed E-state index contributed by atoms with van der Waals surface area (Å²) >= 11 is 0. The molecule has 1 nitrogen and oxygen atoms in total. The van der Waals surface area contributed by atoms with Crippen molar-refractivity contribution in [3.05, 3.63) is 33.9 Å². The summed E-state index contributed by atoms with van der Waals surface area (Å²) in [5.41, 5.74) is 7.46. The molecule has 1 N–H and O–H groups in total. The van der Waals surface area contributed by atoms with Gasteiger partial charge in [0.1, 0.15) is 0 Å². The summed E-state index contributed by atoms with van der Waals surface area (Å²) in [5.74, 6) is 0. The molecule has 14 heavy (non-hydrogen) atoms. The molecule has 0 radical (unpaired) electrons. The highest BCUT2D eigenvalue weighted by Gasteiger charge is 2.08. The van der Waals surface area contributed by atoms with Crippen LogP contribution in [0.4, 0.5) is 0 Å². The SMILES string of the molecule is CC(=N)Cc1c(C)cc(C)c(C)c1C. The van der Waals surface area contributed by atoms with E-state index in [2.05, 4.69) is 33.8 Å². The highest BCUT2D eigenvalue weighted by Crippen LogP contribution is 2.21. The van der Waals surface area contributed by atoms with Gasteiger partial charge in [-0.2, -0.15) is 0 Å². The summed E-state index contributed by atoms with van der Waals surface area (Å²) in [6.07, 6.45) is 0.790. The number of benzene rings is 1. The van der Waals surface area contributed by atoms with Crippen LogP contribution >= 0.6 is 0 Å². The van der Waals surface area contributed by atoms with Crippen molar-refractivity contribution in [1.29, 1.82) is 5.41 Å². The lowest BCUT2D eigenvalue weighted by Gasteiger charge is -2.14. The van der Waals surface area contributed by atoms with Crippen molar-refractivity contribution < 1.29 is 0 Å². The van der Waals surface area contributed by atoms with Crippen LogP contribution in [0.15, 0.2) is 6.07 Å². The van der Waals surface area contributed by atoms with E-state index in [-0.39, 0.29) is 0 Å². The van der Waals surface area contributed by atoms with E-state index in [0.29, 0.717) is 0 Å². The lowest BCUT2D eigenvalue weighted by molar-refractivity contribution is 1.13. The van der Waals surface area contributed by atoms with Gasteiger partial charge in [0.05, 0.1) is 0 Å². The first-order valence-electron chi connectivity index (χ1n) is 5.03. The minimum Gasteiger partial charge on any atom is -0.310 e. The van der Waals surface area contributed by atoms with Crippen molar-refractivity contribution >= 4 is 5.71 Å². The summed E-state index contributed by atoms with van der Waals surface area (Å²) < 4.78 is 0. The summed E-state index contributed by atoms with van der Waals surface area (Å²) in [6.45, 7) is 10.5. The Balaban J connectivity index is 3.29. The highest BCUT2D eigenvalue weighted by atomic mass is 14.4. The van der Waals surface area contributed by atoms with E-state index < -0.39 is 0 Å². The van der Waals surface area contributed by atoms with Gasteiger partial charge in [-0.1, -0.05) is 6.07 Å². The second-order valence-corrected chi connectivity index (χ2v) is 4.20. The van der Waals surface area contributed by atoms with Gasteiger partial charge in [-0.15, -0.1) is 0 Å². The van der Waals surface area contributed by atoms with Crippen LogP contribution in [0.3, 0.4) is 0 Å². The van der Waals surface area contributed by atoms with E-state index in [1.165, 1.54) is 27.8 Å². The van der Waals surface area contributed by atoms with Crippen LogP contribution in [0.5, 0.6) is 0 Å². The van der Waals surface area contributed by atoms with Gasteiger partial charge in [-0.05, 0) is 62.4 Å². The average molecular weight is 189 g/mol. The Morgan fingerprint density at radius 3 is 2.14 bits per heavy atom. The molecular formula is C13H19N. The molecular weight excluding hydrogens is 170 g/mol. The van der Waals surface area contributed by atoms with Crippen molar-refractivity contribution in [1.82, 2.24) is 0 Å². The fraction of sp³-hybridized carbons (Fsp3) is 0.462. The Labute approximate surface area is 86.7 Å². The first-order chi connectivity index (χ1) is 6.43. The lowest BCUT2D eigenvalue weighted by atomic mass is 9.91. The predicted octanol–water partition coefficient (Wildman–Crippen LogP) is 3.50. The number of hydrogen-bond acceptors (Lipinski definition) is 1. The molecule has 0 fully saturated rings. The third kappa shape index (κ3) is 2.03. The molecule has 1 aromatic rings. The van der Waals surface area contributed by atoms with E-state index in [4.69, 9.17) is 5.41 Å². The number of rotatable bonds is 2. The van der Waals surface area contributed by atoms with E-state index in [0.717, 1.165) is 12.1 Å². The van der Waals surface area contributed by atoms with E-state index in [1.54, 1.807) is 0 Å². The standard InChI is InChI=1S/C13H19N/c1-8-6-9(2)13(7-10(3)14)12(5)11(8)4/h6,14H,7H2,1-5H3. The molecule has 0 aromatic heterocycles. The van der Waals surface area contributed by atoms with Crippen molar-refractivity contribution in [2.75, 3.05) is 0 Å². The average Bonchev–Trinajstić information content (AvgIpc) is 2.09. The first kappa shape index (κ1) is 11.0. The Kier molecular flexibility index (Phi) is 3.10.